The highest BCUT2D eigenvalue weighted by molar-refractivity contribution is 5.94. The topological polar surface area (TPSA) is 68.5 Å². The lowest BCUT2D eigenvalue weighted by atomic mass is 10.1. The molecule has 1 aliphatic rings. The molecule has 0 unspecified atom stereocenters. The van der Waals surface area contributed by atoms with Crippen LogP contribution >= 0.6 is 0 Å². The Morgan fingerprint density at radius 2 is 2.35 bits per heavy atom. The Kier molecular flexibility index (Phi) is 3.22. The van der Waals surface area contributed by atoms with Gasteiger partial charge in [-0.25, -0.2) is 4.98 Å². The van der Waals surface area contributed by atoms with Crippen LogP contribution in [0.2, 0.25) is 0 Å². The van der Waals surface area contributed by atoms with E-state index in [2.05, 4.69) is 15.3 Å². The van der Waals surface area contributed by atoms with E-state index in [-0.39, 0.29) is 12.0 Å². The van der Waals surface area contributed by atoms with Crippen molar-refractivity contribution in [1.82, 2.24) is 19.7 Å². The fourth-order valence-corrected chi connectivity index (χ4v) is 2.86. The minimum absolute atomic E-state index is 0.101. The van der Waals surface area contributed by atoms with Crippen molar-refractivity contribution >= 4 is 11.6 Å². The largest absolute Gasteiger partial charge is 0.490 e. The van der Waals surface area contributed by atoms with E-state index in [1.807, 2.05) is 29.7 Å². The Morgan fingerprint density at radius 1 is 1.43 bits per heavy atom. The number of imidazole rings is 1. The molecule has 3 aromatic rings. The van der Waals surface area contributed by atoms with Gasteiger partial charge in [-0.2, -0.15) is 0 Å². The fourth-order valence-electron chi connectivity index (χ4n) is 2.86. The molecule has 1 aromatic carbocycles. The molecule has 6 heteroatoms. The van der Waals surface area contributed by atoms with Crippen LogP contribution in [0.3, 0.4) is 0 Å². The Bertz CT molecular complexity index is 887. The van der Waals surface area contributed by atoms with Crippen LogP contribution in [0.25, 0.3) is 5.65 Å². The lowest BCUT2D eigenvalue weighted by molar-refractivity contribution is 0.0950. The van der Waals surface area contributed by atoms with Gasteiger partial charge in [0.05, 0.1) is 24.6 Å². The summed E-state index contributed by atoms with van der Waals surface area (Å²) >= 11 is 0. The summed E-state index contributed by atoms with van der Waals surface area (Å²) < 4.78 is 7.57. The standard InChI is InChI=1S/C17H16N4O2/c1-11-6-13-7-12(2-3-15(13)23-11)17(22)20-9-14-8-19-16-10-18-4-5-21(14)16/h2-5,7-8,10-11H,6,9H2,1H3,(H,20,22)/t11-/m1/s1. The first kappa shape index (κ1) is 13.8. The first-order chi connectivity index (χ1) is 11.2. The number of carbonyl (C=O) groups excluding carboxylic acids is 1. The molecule has 1 N–H and O–H groups in total. The number of ether oxygens (including phenoxy) is 1. The second kappa shape index (κ2) is 5.39. The molecule has 0 radical (unpaired) electrons. The molecule has 2 aromatic heterocycles. The normalized spacial score (nSPS) is 16.1. The monoisotopic (exact) mass is 308 g/mol. The van der Waals surface area contributed by atoms with Crippen LogP contribution in [0, 0.1) is 0 Å². The van der Waals surface area contributed by atoms with Crippen LogP contribution in [0.4, 0.5) is 0 Å². The summed E-state index contributed by atoms with van der Waals surface area (Å²) in [7, 11) is 0. The molecule has 3 heterocycles. The van der Waals surface area contributed by atoms with Gasteiger partial charge in [0.1, 0.15) is 11.9 Å². The maximum Gasteiger partial charge on any atom is 0.251 e. The fraction of sp³-hybridized carbons (Fsp3) is 0.235. The number of amides is 1. The zero-order chi connectivity index (χ0) is 15.8. The molecule has 23 heavy (non-hydrogen) atoms. The summed E-state index contributed by atoms with van der Waals surface area (Å²) in [6, 6.07) is 5.57. The second-order valence-corrected chi connectivity index (χ2v) is 5.69. The zero-order valence-electron chi connectivity index (χ0n) is 12.7. The van der Waals surface area contributed by atoms with Crippen LogP contribution in [0.5, 0.6) is 5.75 Å². The van der Waals surface area contributed by atoms with Crippen molar-refractivity contribution in [1.29, 1.82) is 0 Å². The maximum atomic E-state index is 12.4. The first-order valence-corrected chi connectivity index (χ1v) is 7.54. The summed E-state index contributed by atoms with van der Waals surface area (Å²) in [5, 5.41) is 2.93. The number of aromatic nitrogens is 3. The second-order valence-electron chi connectivity index (χ2n) is 5.69. The molecule has 0 bridgehead atoms. The summed E-state index contributed by atoms with van der Waals surface area (Å²) in [5.74, 6) is 0.777. The average Bonchev–Trinajstić information content (AvgIpc) is 3.14. The third kappa shape index (κ3) is 2.52. The first-order valence-electron chi connectivity index (χ1n) is 7.54. The number of fused-ring (bicyclic) bond motifs is 2. The van der Waals surface area contributed by atoms with Crippen LogP contribution in [0.1, 0.15) is 28.5 Å². The van der Waals surface area contributed by atoms with Gasteiger partial charge in [0.2, 0.25) is 0 Å². The van der Waals surface area contributed by atoms with Crippen molar-refractivity contribution in [2.24, 2.45) is 0 Å². The highest BCUT2D eigenvalue weighted by Crippen LogP contribution is 2.29. The molecule has 116 valence electrons. The molecule has 0 saturated heterocycles. The molecule has 1 amide bonds. The number of hydrogen-bond donors (Lipinski definition) is 1. The van der Waals surface area contributed by atoms with E-state index in [1.54, 1.807) is 24.7 Å². The number of rotatable bonds is 3. The van der Waals surface area contributed by atoms with Gasteiger partial charge in [-0.15, -0.1) is 0 Å². The van der Waals surface area contributed by atoms with Gasteiger partial charge in [-0.3, -0.25) is 14.2 Å². The van der Waals surface area contributed by atoms with Gasteiger partial charge in [0, 0.05) is 24.4 Å². The minimum atomic E-state index is -0.101. The smallest absolute Gasteiger partial charge is 0.251 e. The van der Waals surface area contributed by atoms with Crippen LogP contribution < -0.4 is 10.1 Å². The lowest BCUT2D eigenvalue weighted by Gasteiger charge is -2.06. The van der Waals surface area contributed by atoms with E-state index in [0.717, 1.165) is 29.1 Å². The zero-order valence-corrected chi connectivity index (χ0v) is 12.7. The van der Waals surface area contributed by atoms with Crippen molar-refractivity contribution < 1.29 is 9.53 Å². The van der Waals surface area contributed by atoms with Gasteiger partial charge in [0.25, 0.3) is 5.91 Å². The van der Waals surface area contributed by atoms with E-state index in [9.17, 15) is 4.79 Å². The summed E-state index contributed by atoms with van der Waals surface area (Å²) in [6.45, 7) is 2.44. The van der Waals surface area contributed by atoms with E-state index in [1.165, 1.54) is 0 Å². The van der Waals surface area contributed by atoms with Gasteiger partial charge in [0.15, 0.2) is 5.65 Å². The van der Waals surface area contributed by atoms with Crippen molar-refractivity contribution in [2.45, 2.75) is 26.0 Å². The molecule has 1 aliphatic heterocycles. The number of nitrogens with zero attached hydrogens (tertiary/aromatic N) is 3. The van der Waals surface area contributed by atoms with Crippen molar-refractivity contribution in [3.63, 3.8) is 0 Å². The number of hydrogen-bond acceptors (Lipinski definition) is 4. The van der Waals surface area contributed by atoms with Crippen LogP contribution in [-0.4, -0.2) is 26.4 Å². The van der Waals surface area contributed by atoms with Gasteiger partial charge in [-0.05, 0) is 30.7 Å². The van der Waals surface area contributed by atoms with Crippen LogP contribution in [0.15, 0.2) is 43.0 Å². The van der Waals surface area contributed by atoms with E-state index in [4.69, 9.17) is 4.74 Å². The lowest BCUT2D eigenvalue weighted by Crippen LogP contribution is -2.23. The molecular weight excluding hydrogens is 292 g/mol. The van der Waals surface area contributed by atoms with E-state index < -0.39 is 0 Å². The molecule has 0 saturated carbocycles. The third-order valence-electron chi connectivity index (χ3n) is 3.98. The predicted molar refractivity (Wildman–Crippen MR) is 84.4 cm³/mol. The minimum Gasteiger partial charge on any atom is -0.490 e. The molecule has 1 atom stereocenters. The Balaban J connectivity index is 1.49. The van der Waals surface area contributed by atoms with Crippen molar-refractivity contribution in [3.8, 4) is 5.75 Å². The number of benzene rings is 1. The SMILES string of the molecule is C[C@@H]1Cc2cc(C(=O)NCc3cnc4cnccn34)ccc2O1. The number of nitrogens with one attached hydrogen (secondary N) is 1. The van der Waals surface area contributed by atoms with Gasteiger partial charge < -0.3 is 10.1 Å². The van der Waals surface area contributed by atoms with Crippen molar-refractivity contribution in [3.05, 3.63) is 59.8 Å². The molecule has 0 fully saturated rings. The Labute approximate surface area is 133 Å². The summed E-state index contributed by atoms with van der Waals surface area (Å²) in [4.78, 5) is 20.6. The quantitative estimate of drug-likeness (QED) is 0.803. The molecule has 4 rings (SSSR count). The van der Waals surface area contributed by atoms with E-state index in [0.29, 0.717) is 12.1 Å². The number of carbonyl (C=O) groups is 1. The van der Waals surface area contributed by atoms with Crippen molar-refractivity contribution in [2.75, 3.05) is 0 Å². The highest BCUT2D eigenvalue weighted by atomic mass is 16.5. The van der Waals surface area contributed by atoms with Gasteiger partial charge in [-0.1, -0.05) is 0 Å². The third-order valence-corrected chi connectivity index (χ3v) is 3.98. The van der Waals surface area contributed by atoms with Gasteiger partial charge >= 0.3 is 0 Å². The summed E-state index contributed by atoms with van der Waals surface area (Å²) in [6.07, 6.45) is 7.98. The molecule has 0 spiro atoms. The van der Waals surface area contributed by atoms with E-state index >= 15 is 0 Å². The Hall–Kier alpha value is -2.89. The van der Waals surface area contributed by atoms with Crippen LogP contribution in [-0.2, 0) is 13.0 Å². The Morgan fingerprint density at radius 3 is 3.26 bits per heavy atom. The molecule has 6 nitrogen and oxygen atoms in total. The maximum absolute atomic E-state index is 12.4. The summed E-state index contributed by atoms with van der Waals surface area (Å²) in [5.41, 5.74) is 3.41. The highest BCUT2D eigenvalue weighted by Gasteiger charge is 2.20. The molecule has 0 aliphatic carbocycles. The average molecular weight is 308 g/mol. The molecular formula is C17H16N4O2. The predicted octanol–water partition coefficient (Wildman–Crippen LogP) is 1.98.